The van der Waals surface area contributed by atoms with Crippen LogP contribution in [0, 0.1) is 5.92 Å². The number of amides is 3. The summed E-state index contributed by atoms with van der Waals surface area (Å²) in [5, 5.41) is 17.9. The summed E-state index contributed by atoms with van der Waals surface area (Å²) in [6.45, 7) is 5.86. The minimum Gasteiger partial charge on any atom is -0.497 e. The van der Waals surface area contributed by atoms with E-state index in [0.29, 0.717) is 35.9 Å². The molecule has 4 aromatic rings. The van der Waals surface area contributed by atoms with E-state index in [0.717, 1.165) is 23.6 Å². The Labute approximate surface area is 312 Å². The van der Waals surface area contributed by atoms with Gasteiger partial charge >= 0.3 is 6.03 Å². The maximum Gasteiger partial charge on any atom is 0.323 e. The van der Waals surface area contributed by atoms with Crippen molar-refractivity contribution >= 4 is 44.1 Å². The van der Waals surface area contributed by atoms with Crippen molar-refractivity contribution < 1.29 is 37.3 Å². The molecule has 4 aromatic carbocycles. The molecule has 4 atom stereocenters. The van der Waals surface area contributed by atoms with Crippen LogP contribution in [0.3, 0.4) is 0 Å². The highest BCUT2D eigenvalue weighted by Gasteiger charge is 2.32. The first-order chi connectivity index (χ1) is 25.4. The molecule has 12 nitrogen and oxygen atoms in total. The predicted molar refractivity (Wildman–Crippen MR) is 206 cm³/mol. The van der Waals surface area contributed by atoms with Crippen molar-refractivity contribution in [2.24, 2.45) is 5.92 Å². The second kappa shape index (κ2) is 17.9. The normalized spacial score (nSPS) is 19.5. The highest BCUT2D eigenvalue weighted by Crippen LogP contribution is 2.30. The van der Waals surface area contributed by atoms with Gasteiger partial charge in [-0.1, -0.05) is 43.3 Å². The number of benzene rings is 4. The Morgan fingerprint density at radius 1 is 1.02 bits per heavy atom. The first-order valence-electron chi connectivity index (χ1n) is 17.9. The summed E-state index contributed by atoms with van der Waals surface area (Å²) < 4.78 is 46.3. The Kier molecular flexibility index (Phi) is 13.3. The number of nitrogens with one attached hydrogen (secondary N) is 2. The van der Waals surface area contributed by atoms with E-state index in [1.807, 2.05) is 56.3 Å². The monoisotopic (exact) mass is 746 g/mol. The van der Waals surface area contributed by atoms with E-state index < -0.39 is 34.1 Å². The first kappa shape index (κ1) is 39.5. The molecule has 284 valence electrons. The van der Waals surface area contributed by atoms with Gasteiger partial charge in [0.1, 0.15) is 11.5 Å². The number of aliphatic hydroxyl groups is 1. The highest BCUT2D eigenvalue weighted by molar-refractivity contribution is 7.89. The van der Waals surface area contributed by atoms with Gasteiger partial charge in [0.2, 0.25) is 10.0 Å². The zero-order valence-corrected chi connectivity index (χ0v) is 31.8. The number of likely N-dealkylation sites (N-methyl/N-ethyl adjacent to an activating group) is 1. The van der Waals surface area contributed by atoms with Crippen LogP contribution in [0.25, 0.3) is 10.8 Å². The largest absolute Gasteiger partial charge is 0.497 e. The standard InChI is InChI=1S/C40H50N4O8S/c1-27-24-44(28(2)26-45)39(46)35-23-31(41-40(47)42-36-15-10-13-30-12-6-7-14-34(30)36)16-21-37(35)52-29(3)11-8-9-22-51-38(27)25-43(4)53(48,49)33-19-17-32(50-5)18-20-33/h6-7,10,12-21,23,27-29,38,45H,8-9,11,22,24-26H2,1-5H3,(H2,41,42,47)/t27-,28+,29+,38-/m1/s1. The lowest BCUT2D eigenvalue weighted by Gasteiger charge is -2.35. The van der Waals surface area contributed by atoms with Gasteiger partial charge in [-0.2, -0.15) is 4.31 Å². The maximum atomic E-state index is 14.5. The number of methoxy groups -OCH3 is 1. The lowest BCUT2D eigenvalue weighted by Crippen LogP contribution is -2.48. The van der Waals surface area contributed by atoms with Crippen LogP contribution in [-0.2, 0) is 14.8 Å². The Bertz CT molecular complexity index is 1970. The number of nitrogens with zero attached hydrogens (tertiary/aromatic N) is 2. The van der Waals surface area contributed by atoms with Gasteiger partial charge in [0.25, 0.3) is 5.91 Å². The van der Waals surface area contributed by atoms with Crippen LogP contribution in [0.1, 0.15) is 50.4 Å². The summed E-state index contributed by atoms with van der Waals surface area (Å²) in [5.74, 6) is 0.153. The summed E-state index contributed by atoms with van der Waals surface area (Å²) in [5.41, 5.74) is 1.24. The molecule has 0 saturated heterocycles. The number of hydrogen-bond acceptors (Lipinski definition) is 8. The number of fused-ring (bicyclic) bond motifs is 2. The van der Waals surface area contributed by atoms with Crippen LogP contribution >= 0.6 is 0 Å². The van der Waals surface area contributed by atoms with Crippen LogP contribution in [0.2, 0.25) is 0 Å². The average Bonchev–Trinajstić information content (AvgIpc) is 3.16. The van der Waals surface area contributed by atoms with Gasteiger partial charge in [0.05, 0.1) is 48.1 Å². The summed E-state index contributed by atoms with van der Waals surface area (Å²) in [6, 6.07) is 23.5. The van der Waals surface area contributed by atoms with Crippen molar-refractivity contribution in [3.63, 3.8) is 0 Å². The Hall–Kier alpha value is -4.69. The lowest BCUT2D eigenvalue weighted by molar-refractivity contribution is -0.00834. The number of hydrogen-bond donors (Lipinski definition) is 3. The van der Waals surface area contributed by atoms with Gasteiger partial charge in [0, 0.05) is 43.7 Å². The van der Waals surface area contributed by atoms with Crippen molar-refractivity contribution in [3.8, 4) is 11.5 Å². The molecular formula is C40H50N4O8S. The van der Waals surface area contributed by atoms with E-state index >= 15 is 0 Å². The third kappa shape index (κ3) is 9.85. The summed E-state index contributed by atoms with van der Waals surface area (Å²) >= 11 is 0. The number of ether oxygens (including phenoxy) is 3. The van der Waals surface area contributed by atoms with Gasteiger partial charge in [0.15, 0.2) is 0 Å². The number of sulfonamides is 1. The molecule has 1 aliphatic rings. The SMILES string of the molecule is COc1ccc(S(=O)(=O)N(C)C[C@H]2OCCCC[C@H](C)Oc3ccc(NC(=O)Nc4cccc5ccccc45)cc3C(=O)N([C@@H](C)CO)C[C@H]2C)cc1. The van der Waals surface area contributed by atoms with Gasteiger partial charge in [-0.15, -0.1) is 0 Å². The van der Waals surface area contributed by atoms with Gasteiger partial charge in [-0.25, -0.2) is 13.2 Å². The number of carbonyl (C=O) groups is 2. The fourth-order valence-corrected chi connectivity index (χ4v) is 7.54. The molecule has 0 aliphatic carbocycles. The molecule has 0 saturated carbocycles. The van der Waals surface area contributed by atoms with Gasteiger partial charge in [-0.05, 0) is 87.0 Å². The Morgan fingerprint density at radius 3 is 2.49 bits per heavy atom. The van der Waals surface area contributed by atoms with E-state index in [1.54, 1.807) is 42.2 Å². The van der Waals surface area contributed by atoms with Crippen LogP contribution in [-0.4, -0.2) is 93.4 Å². The van der Waals surface area contributed by atoms with Crippen LogP contribution < -0.4 is 20.1 Å². The van der Waals surface area contributed by atoms with E-state index in [-0.39, 0.29) is 42.2 Å². The molecule has 0 unspecified atom stereocenters. The van der Waals surface area contributed by atoms with Gasteiger partial charge in [-0.3, -0.25) is 4.79 Å². The lowest BCUT2D eigenvalue weighted by atomic mass is 10.0. The number of carbonyl (C=O) groups excluding carboxylic acids is 2. The molecule has 0 radical (unpaired) electrons. The van der Waals surface area contributed by atoms with E-state index in [1.165, 1.54) is 30.6 Å². The molecule has 13 heteroatoms. The second-order valence-corrected chi connectivity index (χ2v) is 15.6. The fourth-order valence-electron chi connectivity index (χ4n) is 6.36. The second-order valence-electron chi connectivity index (χ2n) is 13.6. The zero-order valence-electron chi connectivity index (χ0n) is 30.9. The molecule has 1 aliphatic heterocycles. The summed E-state index contributed by atoms with van der Waals surface area (Å²) in [7, 11) is -0.834. The zero-order chi connectivity index (χ0) is 38.1. The predicted octanol–water partition coefficient (Wildman–Crippen LogP) is 6.61. The summed E-state index contributed by atoms with van der Waals surface area (Å²) in [6.07, 6.45) is 1.39. The Morgan fingerprint density at radius 2 is 1.75 bits per heavy atom. The number of anilines is 2. The molecule has 0 bridgehead atoms. The fraction of sp³-hybridized carbons (Fsp3) is 0.400. The first-order valence-corrected chi connectivity index (χ1v) is 19.4. The molecule has 0 spiro atoms. The highest BCUT2D eigenvalue weighted by atomic mass is 32.2. The average molecular weight is 747 g/mol. The van der Waals surface area contributed by atoms with Crippen LogP contribution in [0.5, 0.6) is 11.5 Å². The smallest absolute Gasteiger partial charge is 0.323 e. The number of rotatable bonds is 9. The maximum absolute atomic E-state index is 14.5. The van der Waals surface area contributed by atoms with Crippen molar-refractivity contribution in [2.75, 3.05) is 51.1 Å². The topological polar surface area (TPSA) is 147 Å². The third-order valence-corrected chi connectivity index (χ3v) is 11.4. The molecule has 5 rings (SSSR count). The van der Waals surface area contributed by atoms with E-state index in [9.17, 15) is 23.1 Å². The van der Waals surface area contributed by atoms with Crippen LogP contribution in [0.4, 0.5) is 16.2 Å². The summed E-state index contributed by atoms with van der Waals surface area (Å²) in [4.78, 5) is 29.4. The molecule has 0 aromatic heterocycles. The minimum atomic E-state index is -3.87. The molecular weight excluding hydrogens is 697 g/mol. The van der Waals surface area contributed by atoms with Crippen molar-refractivity contribution in [1.82, 2.24) is 9.21 Å². The quantitative estimate of drug-likeness (QED) is 0.174. The van der Waals surface area contributed by atoms with Crippen molar-refractivity contribution in [2.45, 2.75) is 63.2 Å². The Balaban J connectivity index is 1.41. The molecule has 53 heavy (non-hydrogen) atoms. The van der Waals surface area contributed by atoms with Crippen molar-refractivity contribution in [1.29, 1.82) is 0 Å². The molecule has 3 N–H and O–H groups in total. The van der Waals surface area contributed by atoms with E-state index in [2.05, 4.69) is 10.6 Å². The van der Waals surface area contributed by atoms with Crippen LogP contribution in [0.15, 0.2) is 89.8 Å². The third-order valence-electron chi connectivity index (χ3n) is 9.55. The number of urea groups is 1. The molecule has 0 fully saturated rings. The van der Waals surface area contributed by atoms with E-state index in [4.69, 9.17) is 14.2 Å². The van der Waals surface area contributed by atoms with Gasteiger partial charge < -0.3 is 34.9 Å². The minimum absolute atomic E-state index is 0.0427. The molecule has 1 heterocycles. The number of aliphatic hydroxyl groups excluding tert-OH is 1. The van der Waals surface area contributed by atoms with Crippen molar-refractivity contribution in [3.05, 3.63) is 90.5 Å². The molecule has 3 amide bonds.